The number of nitrogens with zero attached hydrogens (tertiary/aromatic N) is 1. The number of hydrogen-bond acceptors (Lipinski definition) is 3. The fraction of sp³-hybridized carbons (Fsp3) is 0.500. The third-order valence-corrected chi connectivity index (χ3v) is 2.56. The van der Waals surface area contributed by atoms with E-state index in [1.807, 2.05) is 4.90 Å². The van der Waals surface area contributed by atoms with Crippen LogP contribution in [0.4, 0.5) is 10.1 Å². The minimum Gasteiger partial charge on any atom is -0.383 e. The Bertz CT molecular complexity index is 393. The zero-order valence-corrected chi connectivity index (χ0v) is 11.1. The summed E-state index contributed by atoms with van der Waals surface area (Å²) in [4.78, 5) is 12.8. The lowest BCUT2D eigenvalue weighted by atomic mass is 10.1. The zero-order chi connectivity index (χ0) is 13.5. The van der Waals surface area contributed by atoms with Gasteiger partial charge in [-0.15, -0.1) is 0 Å². The van der Waals surface area contributed by atoms with Gasteiger partial charge in [0, 0.05) is 31.5 Å². The van der Waals surface area contributed by atoms with Gasteiger partial charge in [-0.2, -0.15) is 0 Å². The normalized spacial score (nSPS) is 10.7. The largest absolute Gasteiger partial charge is 0.383 e. The minimum absolute atomic E-state index is 0.358. The Labute approximate surface area is 108 Å². The molecule has 0 N–H and O–H groups in total. The van der Waals surface area contributed by atoms with E-state index in [2.05, 4.69) is 13.8 Å². The first-order valence-corrected chi connectivity index (χ1v) is 6.06. The monoisotopic (exact) mass is 253 g/mol. The number of hydrogen-bond donors (Lipinski definition) is 0. The van der Waals surface area contributed by atoms with Gasteiger partial charge in [0.15, 0.2) is 0 Å². The Morgan fingerprint density at radius 3 is 2.67 bits per heavy atom. The van der Waals surface area contributed by atoms with E-state index < -0.39 is 0 Å². The molecule has 1 rings (SSSR count). The summed E-state index contributed by atoms with van der Waals surface area (Å²) in [6.07, 6.45) is 0.663. The van der Waals surface area contributed by atoms with Crippen molar-refractivity contribution in [2.24, 2.45) is 5.92 Å². The molecule has 0 atom stereocenters. The second-order valence-corrected chi connectivity index (χ2v) is 4.69. The standard InChI is InChI=1S/C14H20FNO2/c1-11(2)9-16(4-5-18-3)14-7-12(10-17)6-13(15)8-14/h6-8,10-11H,4-5,9H2,1-3H3. The summed E-state index contributed by atoms with van der Waals surface area (Å²) in [5.41, 5.74) is 1.08. The molecule has 100 valence electrons. The summed E-state index contributed by atoms with van der Waals surface area (Å²) in [6, 6.07) is 4.39. The highest BCUT2D eigenvalue weighted by Crippen LogP contribution is 2.19. The molecule has 0 aromatic heterocycles. The van der Waals surface area contributed by atoms with E-state index in [-0.39, 0.29) is 5.82 Å². The number of aldehydes is 1. The van der Waals surface area contributed by atoms with Crippen molar-refractivity contribution in [2.75, 3.05) is 31.7 Å². The van der Waals surface area contributed by atoms with Crippen molar-refractivity contribution in [2.45, 2.75) is 13.8 Å². The minimum atomic E-state index is -0.388. The van der Waals surface area contributed by atoms with Crippen LogP contribution in [0.2, 0.25) is 0 Å². The van der Waals surface area contributed by atoms with Crippen LogP contribution in [0, 0.1) is 11.7 Å². The number of carbonyl (C=O) groups excluding carboxylic acids is 1. The van der Waals surface area contributed by atoms with Crippen molar-refractivity contribution >= 4 is 12.0 Å². The van der Waals surface area contributed by atoms with Gasteiger partial charge in [-0.25, -0.2) is 4.39 Å². The van der Waals surface area contributed by atoms with Crippen LogP contribution in [-0.4, -0.2) is 33.1 Å². The summed E-state index contributed by atoms with van der Waals surface area (Å²) < 4.78 is 18.5. The topological polar surface area (TPSA) is 29.5 Å². The fourth-order valence-electron chi connectivity index (χ4n) is 1.81. The second kappa shape index (κ2) is 7.11. The van der Waals surface area contributed by atoms with Gasteiger partial charge in [0.1, 0.15) is 12.1 Å². The molecule has 0 bridgehead atoms. The van der Waals surface area contributed by atoms with Crippen LogP contribution in [0.1, 0.15) is 24.2 Å². The molecule has 0 aliphatic heterocycles. The van der Waals surface area contributed by atoms with Crippen LogP contribution >= 0.6 is 0 Å². The smallest absolute Gasteiger partial charge is 0.150 e. The highest BCUT2D eigenvalue weighted by atomic mass is 19.1. The summed E-state index contributed by atoms with van der Waals surface area (Å²) in [6.45, 7) is 6.24. The first kappa shape index (κ1) is 14.6. The van der Waals surface area contributed by atoms with E-state index in [0.29, 0.717) is 30.9 Å². The molecule has 0 unspecified atom stereocenters. The van der Waals surface area contributed by atoms with Crippen molar-refractivity contribution in [1.82, 2.24) is 0 Å². The molecule has 0 aliphatic carbocycles. The second-order valence-electron chi connectivity index (χ2n) is 4.69. The molecule has 0 amide bonds. The number of anilines is 1. The summed E-state index contributed by atoms with van der Waals surface area (Å²) in [7, 11) is 1.63. The maximum atomic E-state index is 13.4. The van der Waals surface area contributed by atoms with Crippen LogP contribution in [-0.2, 0) is 4.74 Å². The first-order valence-electron chi connectivity index (χ1n) is 6.06. The lowest BCUT2D eigenvalue weighted by molar-refractivity contribution is 0.112. The SMILES string of the molecule is COCCN(CC(C)C)c1cc(F)cc(C=O)c1. The molecule has 0 radical (unpaired) electrons. The van der Waals surface area contributed by atoms with Crippen molar-refractivity contribution in [3.05, 3.63) is 29.6 Å². The van der Waals surface area contributed by atoms with Gasteiger partial charge in [-0.1, -0.05) is 13.8 Å². The number of benzene rings is 1. The van der Waals surface area contributed by atoms with E-state index in [9.17, 15) is 9.18 Å². The van der Waals surface area contributed by atoms with Crippen LogP contribution in [0.15, 0.2) is 18.2 Å². The zero-order valence-electron chi connectivity index (χ0n) is 11.1. The van der Waals surface area contributed by atoms with Crippen LogP contribution in [0.3, 0.4) is 0 Å². The molecule has 0 saturated heterocycles. The molecule has 18 heavy (non-hydrogen) atoms. The quantitative estimate of drug-likeness (QED) is 0.700. The van der Waals surface area contributed by atoms with Crippen molar-refractivity contribution in [1.29, 1.82) is 0 Å². The molecule has 0 fully saturated rings. The van der Waals surface area contributed by atoms with E-state index in [4.69, 9.17) is 4.74 Å². The highest BCUT2D eigenvalue weighted by molar-refractivity contribution is 5.77. The van der Waals surface area contributed by atoms with Gasteiger partial charge in [0.25, 0.3) is 0 Å². The summed E-state index contributed by atoms with van der Waals surface area (Å²) in [5.74, 6) is 0.0607. The van der Waals surface area contributed by atoms with Gasteiger partial charge < -0.3 is 9.64 Å². The molecule has 0 spiro atoms. The van der Waals surface area contributed by atoms with E-state index in [1.54, 1.807) is 13.2 Å². The first-order chi connectivity index (χ1) is 8.56. The van der Waals surface area contributed by atoms with Gasteiger partial charge in [0.05, 0.1) is 6.61 Å². The number of ether oxygens (including phenoxy) is 1. The molecular formula is C14H20FNO2. The van der Waals surface area contributed by atoms with Crippen LogP contribution in [0.5, 0.6) is 0 Å². The van der Waals surface area contributed by atoms with Crippen LogP contribution < -0.4 is 4.90 Å². The van der Waals surface area contributed by atoms with Gasteiger partial charge in [0.2, 0.25) is 0 Å². The highest BCUT2D eigenvalue weighted by Gasteiger charge is 2.10. The molecule has 0 heterocycles. The lowest BCUT2D eigenvalue weighted by Gasteiger charge is -2.26. The Morgan fingerprint density at radius 2 is 2.11 bits per heavy atom. The maximum Gasteiger partial charge on any atom is 0.150 e. The maximum absolute atomic E-state index is 13.4. The number of halogens is 1. The number of rotatable bonds is 7. The van der Waals surface area contributed by atoms with Crippen molar-refractivity contribution < 1.29 is 13.9 Å². The fourth-order valence-corrected chi connectivity index (χ4v) is 1.81. The number of carbonyl (C=O) groups is 1. The lowest BCUT2D eigenvalue weighted by Crippen LogP contribution is -2.31. The third-order valence-electron chi connectivity index (χ3n) is 2.56. The Morgan fingerprint density at radius 1 is 1.39 bits per heavy atom. The third kappa shape index (κ3) is 4.45. The van der Waals surface area contributed by atoms with E-state index >= 15 is 0 Å². The van der Waals surface area contributed by atoms with E-state index in [0.717, 1.165) is 12.2 Å². The number of methoxy groups -OCH3 is 1. The molecule has 0 saturated carbocycles. The average molecular weight is 253 g/mol. The average Bonchev–Trinajstić information content (AvgIpc) is 2.33. The molecular weight excluding hydrogens is 233 g/mol. The Hall–Kier alpha value is -1.42. The molecule has 4 heteroatoms. The van der Waals surface area contributed by atoms with Crippen molar-refractivity contribution in [3.8, 4) is 0 Å². The summed E-state index contributed by atoms with van der Waals surface area (Å²) in [5, 5.41) is 0. The van der Waals surface area contributed by atoms with Gasteiger partial charge in [-0.05, 0) is 24.1 Å². The van der Waals surface area contributed by atoms with Gasteiger partial charge >= 0.3 is 0 Å². The van der Waals surface area contributed by atoms with Crippen molar-refractivity contribution in [3.63, 3.8) is 0 Å². The van der Waals surface area contributed by atoms with Crippen LogP contribution in [0.25, 0.3) is 0 Å². The summed E-state index contributed by atoms with van der Waals surface area (Å²) >= 11 is 0. The Balaban J connectivity index is 2.95. The Kier molecular flexibility index (Phi) is 5.78. The molecule has 0 aliphatic rings. The predicted molar refractivity (Wildman–Crippen MR) is 70.7 cm³/mol. The molecule has 1 aromatic carbocycles. The van der Waals surface area contributed by atoms with E-state index in [1.165, 1.54) is 12.1 Å². The predicted octanol–water partition coefficient (Wildman–Crippen LogP) is 2.75. The molecule has 3 nitrogen and oxygen atoms in total. The van der Waals surface area contributed by atoms with Gasteiger partial charge in [-0.3, -0.25) is 4.79 Å². The molecule has 1 aromatic rings.